The molecular formula is C28H40N4O2. The van der Waals surface area contributed by atoms with Gasteiger partial charge in [-0.05, 0) is 68.8 Å². The molecule has 4 aliphatic rings. The highest BCUT2D eigenvalue weighted by atomic mass is 16.3. The Morgan fingerprint density at radius 1 is 1.18 bits per heavy atom. The average Bonchev–Trinajstić information content (AvgIpc) is 3.31. The Morgan fingerprint density at radius 2 is 1.97 bits per heavy atom. The highest BCUT2D eigenvalue weighted by Crippen LogP contribution is 2.54. The smallest absolute Gasteiger partial charge is 0.315 e. The number of fused-ring (bicyclic) bond motifs is 7. The van der Waals surface area contributed by atoms with Crippen molar-refractivity contribution in [1.29, 1.82) is 0 Å². The molecule has 3 saturated carbocycles. The number of rotatable bonds is 8. The largest absolute Gasteiger partial charge is 0.392 e. The number of benzene rings is 1. The number of urea groups is 1. The minimum absolute atomic E-state index is 0.00884. The van der Waals surface area contributed by atoms with E-state index in [4.69, 9.17) is 0 Å². The van der Waals surface area contributed by atoms with Crippen molar-refractivity contribution in [2.24, 2.45) is 5.41 Å². The number of nitrogens with one attached hydrogen (secondary N) is 2. The van der Waals surface area contributed by atoms with Crippen LogP contribution in [0.25, 0.3) is 11.3 Å². The second-order valence-electron chi connectivity index (χ2n) is 11.0. The first-order valence-corrected chi connectivity index (χ1v) is 13.4. The van der Waals surface area contributed by atoms with Crippen molar-refractivity contribution in [3.05, 3.63) is 42.4 Å². The molecule has 1 aromatic carbocycles. The first-order valence-electron chi connectivity index (χ1n) is 13.4. The molecule has 3 atom stereocenters. The van der Waals surface area contributed by atoms with E-state index >= 15 is 0 Å². The fourth-order valence-corrected chi connectivity index (χ4v) is 7.02. The van der Waals surface area contributed by atoms with Crippen molar-refractivity contribution in [2.45, 2.75) is 108 Å². The van der Waals surface area contributed by atoms with E-state index in [0.29, 0.717) is 0 Å². The Kier molecular flexibility index (Phi) is 6.45. The number of hydrogen-bond acceptors (Lipinski definition) is 3. The van der Waals surface area contributed by atoms with Gasteiger partial charge in [-0.15, -0.1) is 0 Å². The summed E-state index contributed by atoms with van der Waals surface area (Å²) in [5, 5.41) is 18.3. The summed E-state index contributed by atoms with van der Waals surface area (Å²) >= 11 is 0. The molecule has 3 fully saturated rings. The average molecular weight is 465 g/mol. The zero-order valence-electron chi connectivity index (χ0n) is 20.7. The third kappa shape index (κ3) is 4.15. The molecule has 1 aliphatic heterocycles. The summed E-state index contributed by atoms with van der Waals surface area (Å²) in [4.78, 5) is 17.2. The highest BCUT2D eigenvalue weighted by Gasteiger charge is 2.50. The number of aliphatic hydroxyl groups is 1. The minimum Gasteiger partial charge on any atom is -0.392 e. The SMILES string of the molecule is CCCC(CC)NC(=O)NC12CCCC(C(O)CC3c4ccccc4-c4cncn43)(CC1)CC2. The summed E-state index contributed by atoms with van der Waals surface area (Å²) in [6.07, 6.45) is 14.2. The molecule has 2 amide bonds. The van der Waals surface area contributed by atoms with Crippen LogP contribution < -0.4 is 10.6 Å². The van der Waals surface area contributed by atoms with Crippen LogP contribution in [0.3, 0.4) is 0 Å². The summed E-state index contributed by atoms with van der Waals surface area (Å²) in [5.41, 5.74) is 3.51. The van der Waals surface area contributed by atoms with Crippen molar-refractivity contribution in [3.8, 4) is 11.3 Å². The van der Waals surface area contributed by atoms with Gasteiger partial charge in [0.15, 0.2) is 0 Å². The van der Waals surface area contributed by atoms with E-state index in [2.05, 4.69) is 58.3 Å². The maximum Gasteiger partial charge on any atom is 0.315 e. The van der Waals surface area contributed by atoms with E-state index in [9.17, 15) is 9.90 Å². The monoisotopic (exact) mass is 464 g/mol. The molecule has 6 nitrogen and oxygen atoms in total. The normalized spacial score (nSPS) is 29.1. The highest BCUT2D eigenvalue weighted by molar-refractivity contribution is 5.75. The van der Waals surface area contributed by atoms with E-state index < -0.39 is 0 Å². The van der Waals surface area contributed by atoms with Crippen LogP contribution in [-0.2, 0) is 0 Å². The van der Waals surface area contributed by atoms with Crippen LogP contribution in [0.4, 0.5) is 4.79 Å². The molecule has 0 radical (unpaired) electrons. The lowest BCUT2D eigenvalue weighted by Gasteiger charge is -2.46. The number of amides is 2. The maximum absolute atomic E-state index is 12.8. The number of aromatic nitrogens is 2. The Balaban J connectivity index is 1.26. The van der Waals surface area contributed by atoms with Gasteiger partial charge in [0.05, 0.1) is 30.4 Å². The van der Waals surface area contributed by atoms with Crippen molar-refractivity contribution in [2.75, 3.05) is 0 Å². The van der Waals surface area contributed by atoms with Crippen molar-refractivity contribution >= 4 is 6.03 Å². The van der Waals surface area contributed by atoms with E-state index in [1.165, 1.54) is 11.1 Å². The number of imidazole rings is 1. The summed E-state index contributed by atoms with van der Waals surface area (Å²) < 4.78 is 2.24. The maximum atomic E-state index is 12.8. The van der Waals surface area contributed by atoms with Gasteiger partial charge in [0, 0.05) is 17.1 Å². The van der Waals surface area contributed by atoms with Gasteiger partial charge in [0.2, 0.25) is 0 Å². The molecule has 6 heteroatoms. The van der Waals surface area contributed by atoms with Gasteiger partial charge in [-0.25, -0.2) is 9.78 Å². The zero-order valence-corrected chi connectivity index (χ0v) is 20.7. The molecule has 2 aromatic rings. The predicted molar refractivity (Wildman–Crippen MR) is 135 cm³/mol. The molecule has 2 bridgehead atoms. The molecular weight excluding hydrogens is 424 g/mol. The van der Waals surface area contributed by atoms with Gasteiger partial charge in [-0.3, -0.25) is 0 Å². The molecule has 0 saturated heterocycles. The molecule has 2 heterocycles. The summed E-state index contributed by atoms with van der Waals surface area (Å²) in [6.45, 7) is 4.30. The first kappa shape index (κ1) is 23.4. The molecule has 34 heavy (non-hydrogen) atoms. The lowest BCUT2D eigenvalue weighted by atomic mass is 9.64. The van der Waals surface area contributed by atoms with Gasteiger partial charge in [0.25, 0.3) is 0 Å². The minimum atomic E-state index is -0.363. The van der Waals surface area contributed by atoms with Crippen LogP contribution in [0.1, 0.15) is 96.1 Å². The second-order valence-corrected chi connectivity index (χ2v) is 11.0. The number of hydrogen-bond donors (Lipinski definition) is 3. The van der Waals surface area contributed by atoms with Gasteiger partial charge >= 0.3 is 6.03 Å². The Bertz CT molecular complexity index is 1010. The number of carbonyl (C=O) groups is 1. The molecule has 1 aromatic heterocycles. The fourth-order valence-electron chi connectivity index (χ4n) is 7.02. The molecule has 3 unspecified atom stereocenters. The van der Waals surface area contributed by atoms with Gasteiger partial charge in [0.1, 0.15) is 0 Å². The number of nitrogens with zero attached hydrogens (tertiary/aromatic N) is 2. The fraction of sp³-hybridized carbons (Fsp3) is 0.643. The first-order chi connectivity index (χ1) is 16.5. The van der Waals surface area contributed by atoms with Crippen LogP contribution >= 0.6 is 0 Å². The summed E-state index contributed by atoms with van der Waals surface area (Å²) in [7, 11) is 0. The number of carbonyl (C=O) groups excluding carboxylic acids is 1. The standard InChI is InChI=1S/C28H40N4O2/c1-3-8-20(4-2)30-26(34)31-28-12-7-11-27(13-15-28,14-16-28)25(33)17-23-21-9-5-6-10-22(21)24-18-29-19-32(23)24/h5-6,9-10,18-20,23,25,33H,3-4,7-8,11-17H2,1-2H3,(H2,30,31,34). The summed E-state index contributed by atoms with van der Waals surface area (Å²) in [6, 6.07) is 8.91. The quantitative estimate of drug-likeness (QED) is 0.478. The zero-order chi connectivity index (χ0) is 23.8. The molecule has 6 rings (SSSR count). The topological polar surface area (TPSA) is 79.2 Å². The Labute approximate surface area is 203 Å². The van der Waals surface area contributed by atoms with Gasteiger partial charge < -0.3 is 20.3 Å². The molecule has 3 N–H and O–H groups in total. The van der Waals surface area contributed by atoms with Crippen LogP contribution in [0, 0.1) is 5.41 Å². The molecule has 3 aliphatic carbocycles. The molecule has 0 spiro atoms. The second kappa shape index (κ2) is 9.37. The number of aliphatic hydroxyl groups excluding tert-OH is 1. The van der Waals surface area contributed by atoms with Crippen LogP contribution in [-0.4, -0.2) is 38.4 Å². The van der Waals surface area contributed by atoms with Crippen molar-refractivity contribution in [1.82, 2.24) is 20.2 Å². The predicted octanol–water partition coefficient (Wildman–Crippen LogP) is 5.56. The Hall–Kier alpha value is -2.34. The molecule has 184 valence electrons. The van der Waals surface area contributed by atoms with E-state index in [1.54, 1.807) is 0 Å². The van der Waals surface area contributed by atoms with Crippen molar-refractivity contribution < 1.29 is 9.90 Å². The lowest BCUT2D eigenvalue weighted by molar-refractivity contribution is -0.0239. The van der Waals surface area contributed by atoms with E-state index in [1.807, 2.05) is 12.5 Å². The van der Waals surface area contributed by atoms with Gasteiger partial charge in [-0.1, -0.05) is 51.0 Å². The van der Waals surface area contributed by atoms with Crippen LogP contribution in [0.2, 0.25) is 0 Å². The third-order valence-electron chi connectivity index (χ3n) is 9.13. The van der Waals surface area contributed by atoms with Gasteiger partial charge in [-0.2, -0.15) is 0 Å². The van der Waals surface area contributed by atoms with Crippen molar-refractivity contribution in [3.63, 3.8) is 0 Å². The summed E-state index contributed by atoms with van der Waals surface area (Å²) in [5.74, 6) is 0. The lowest BCUT2D eigenvalue weighted by Crippen LogP contribution is -2.56. The van der Waals surface area contributed by atoms with Crippen LogP contribution in [0.15, 0.2) is 36.8 Å². The third-order valence-corrected chi connectivity index (χ3v) is 9.13. The van der Waals surface area contributed by atoms with Crippen LogP contribution in [0.5, 0.6) is 0 Å². The van der Waals surface area contributed by atoms with E-state index in [-0.39, 0.29) is 35.2 Å². The van der Waals surface area contributed by atoms with E-state index in [0.717, 1.165) is 76.3 Å². The Morgan fingerprint density at radius 3 is 2.74 bits per heavy atom.